The third kappa shape index (κ3) is 2.80. The Hall–Kier alpha value is -3.90. The normalized spacial score (nSPS) is 24.4. The molecule has 2 amide bonds. The summed E-state index contributed by atoms with van der Waals surface area (Å²) in [4.78, 5) is 56.6. The van der Waals surface area contributed by atoms with Crippen molar-refractivity contribution in [1.29, 1.82) is 0 Å². The van der Waals surface area contributed by atoms with E-state index in [1.54, 1.807) is 36.4 Å². The molecule has 2 heterocycles. The van der Waals surface area contributed by atoms with Crippen LogP contribution in [0.1, 0.15) is 49.1 Å². The summed E-state index contributed by atoms with van der Waals surface area (Å²) in [6, 6.07) is 19.4. The zero-order chi connectivity index (χ0) is 24.6. The number of ketones is 2. The van der Waals surface area contributed by atoms with E-state index < -0.39 is 46.9 Å². The molecule has 6 rings (SSSR count). The molecular weight excluding hydrogens is 442 g/mol. The van der Waals surface area contributed by atoms with Gasteiger partial charge in [0.15, 0.2) is 0 Å². The van der Waals surface area contributed by atoms with Gasteiger partial charge in [-0.1, -0.05) is 60.2 Å². The molecule has 0 aromatic heterocycles. The predicted molar refractivity (Wildman–Crippen MR) is 128 cm³/mol. The van der Waals surface area contributed by atoms with Gasteiger partial charge in [0, 0.05) is 11.1 Å². The second kappa shape index (κ2) is 7.30. The maximum atomic E-state index is 14.0. The fraction of sp³-hybridized carbons (Fsp3) is 0.241. The summed E-state index contributed by atoms with van der Waals surface area (Å²) < 4.78 is 6.31. The van der Waals surface area contributed by atoms with Crippen LogP contribution in [0.2, 0.25) is 0 Å². The molecule has 3 atom stereocenters. The summed E-state index contributed by atoms with van der Waals surface area (Å²) in [7, 11) is 0. The van der Waals surface area contributed by atoms with Crippen LogP contribution >= 0.6 is 0 Å². The average Bonchev–Trinajstić information content (AvgIpc) is 3.39. The van der Waals surface area contributed by atoms with Gasteiger partial charge in [-0.3, -0.25) is 19.2 Å². The number of hydrogen-bond acceptors (Lipinski definition) is 5. The molecule has 0 saturated carbocycles. The molecule has 0 N–H and O–H groups in total. The first-order valence-corrected chi connectivity index (χ1v) is 11.6. The first-order chi connectivity index (χ1) is 16.7. The van der Waals surface area contributed by atoms with Crippen LogP contribution in [0.5, 0.6) is 0 Å². The van der Waals surface area contributed by atoms with Gasteiger partial charge in [-0.25, -0.2) is 4.90 Å². The number of amides is 2. The van der Waals surface area contributed by atoms with Crippen molar-refractivity contribution in [3.05, 3.63) is 100 Å². The largest absolute Gasteiger partial charge is 0.349 e. The van der Waals surface area contributed by atoms with Crippen LogP contribution in [-0.2, 0) is 14.3 Å². The van der Waals surface area contributed by atoms with E-state index in [0.29, 0.717) is 11.3 Å². The highest BCUT2D eigenvalue weighted by atomic mass is 16.5. The second-order valence-corrected chi connectivity index (χ2v) is 9.75. The third-order valence-electron chi connectivity index (χ3n) is 7.39. The van der Waals surface area contributed by atoms with Crippen LogP contribution in [0.25, 0.3) is 0 Å². The summed E-state index contributed by atoms with van der Waals surface area (Å²) in [5.41, 5.74) is 2.33. The molecule has 6 nitrogen and oxygen atoms in total. The van der Waals surface area contributed by atoms with Crippen molar-refractivity contribution >= 4 is 29.1 Å². The molecule has 6 heteroatoms. The predicted octanol–water partition coefficient (Wildman–Crippen LogP) is 4.31. The van der Waals surface area contributed by atoms with Gasteiger partial charge in [-0.15, -0.1) is 0 Å². The zero-order valence-corrected chi connectivity index (χ0v) is 19.6. The molecule has 35 heavy (non-hydrogen) atoms. The topological polar surface area (TPSA) is 80.8 Å². The number of imide groups is 1. The Morgan fingerprint density at radius 2 is 1.29 bits per heavy atom. The average molecular weight is 466 g/mol. The number of fused-ring (bicyclic) bond motifs is 3. The standard InChI is InChI=1S/C29H23NO5/c1-15-8-10-18(11-9-15)24-22-23(28(34)30(27(22)33)19-13-16(2)12-17(3)14-19)29(35-24)25(31)20-6-4-5-7-21(20)26(29)32/h4-14,22-24H,1-3H3/t22-,23-,24+/m1/s1. The van der Waals surface area contributed by atoms with Crippen LogP contribution in [0, 0.1) is 32.6 Å². The first-order valence-electron chi connectivity index (χ1n) is 11.6. The van der Waals surface area contributed by atoms with Gasteiger partial charge in [0.05, 0.1) is 23.6 Å². The number of carbonyl (C=O) groups is 4. The highest BCUT2D eigenvalue weighted by Crippen LogP contribution is 2.57. The molecule has 2 saturated heterocycles. The quantitative estimate of drug-likeness (QED) is 0.416. The molecule has 174 valence electrons. The third-order valence-corrected chi connectivity index (χ3v) is 7.39. The minimum Gasteiger partial charge on any atom is -0.349 e. The molecule has 1 spiro atoms. The Morgan fingerprint density at radius 3 is 1.86 bits per heavy atom. The van der Waals surface area contributed by atoms with Gasteiger partial charge in [0.25, 0.3) is 0 Å². The lowest BCUT2D eigenvalue weighted by atomic mass is 9.77. The van der Waals surface area contributed by atoms with E-state index in [0.717, 1.165) is 21.6 Å². The Morgan fingerprint density at radius 1 is 0.714 bits per heavy atom. The minimum atomic E-state index is -2.05. The fourth-order valence-corrected chi connectivity index (χ4v) is 5.91. The van der Waals surface area contributed by atoms with Crippen LogP contribution in [0.15, 0.2) is 66.7 Å². The summed E-state index contributed by atoms with van der Waals surface area (Å²) >= 11 is 0. The SMILES string of the molecule is Cc1ccc([C@@H]2OC3(C(=O)c4ccccc4C3=O)[C@H]3C(=O)N(c4cc(C)cc(C)c4)C(=O)[C@@H]23)cc1. The molecule has 1 aliphatic carbocycles. The molecule has 3 aliphatic rings. The minimum absolute atomic E-state index is 0.228. The van der Waals surface area contributed by atoms with E-state index in [2.05, 4.69) is 0 Å². The highest BCUT2D eigenvalue weighted by Gasteiger charge is 2.74. The van der Waals surface area contributed by atoms with Crippen molar-refractivity contribution < 1.29 is 23.9 Å². The van der Waals surface area contributed by atoms with Crippen molar-refractivity contribution in [2.75, 3.05) is 4.90 Å². The van der Waals surface area contributed by atoms with Gasteiger partial charge in [-0.2, -0.15) is 0 Å². The lowest BCUT2D eigenvalue weighted by molar-refractivity contribution is -0.127. The van der Waals surface area contributed by atoms with Gasteiger partial charge < -0.3 is 4.74 Å². The number of anilines is 1. The molecule has 3 aromatic carbocycles. The number of ether oxygens (including phenoxy) is 1. The first kappa shape index (κ1) is 21.6. The van der Waals surface area contributed by atoms with E-state index in [1.165, 1.54) is 0 Å². The summed E-state index contributed by atoms with van der Waals surface area (Å²) in [6.45, 7) is 5.72. The van der Waals surface area contributed by atoms with Crippen molar-refractivity contribution in [1.82, 2.24) is 0 Å². The number of aryl methyl sites for hydroxylation is 3. The summed E-state index contributed by atoms with van der Waals surface area (Å²) in [5, 5.41) is 0. The molecular formula is C29H23NO5. The van der Waals surface area contributed by atoms with Crippen molar-refractivity contribution in [3.8, 4) is 0 Å². The number of benzene rings is 3. The van der Waals surface area contributed by atoms with Crippen LogP contribution in [0.4, 0.5) is 5.69 Å². The molecule has 0 unspecified atom stereocenters. The Bertz CT molecular complexity index is 1400. The van der Waals surface area contributed by atoms with E-state index in [1.807, 2.05) is 51.1 Å². The Kier molecular flexibility index (Phi) is 4.51. The zero-order valence-electron chi connectivity index (χ0n) is 19.6. The van der Waals surface area contributed by atoms with Gasteiger partial charge in [0.2, 0.25) is 29.0 Å². The van der Waals surface area contributed by atoms with Crippen molar-refractivity contribution in [3.63, 3.8) is 0 Å². The van der Waals surface area contributed by atoms with E-state index in [4.69, 9.17) is 4.74 Å². The molecule has 3 aromatic rings. The lowest BCUT2D eigenvalue weighted by Crippen LogP contribution is -2.51. The molecule has 0 bridgehead atoms. The Labute approximate surface area is 202 Å². The summed E-state index contributed by atoms with van der Waals surface area (Å²) in [6.07, 6.45) is -0.907. The number of carbonyl (C=O) groups excluding carboxylic acids is 4. The number of nitrogens with zero attached hydrogens (tertiary/aromatic N) is 1. The van der Waals surface area contributed by atoms with Crippen LogP contribution < -0.4 is 4.90 Å². The van der Waals surface area contributed by atoms with Gasteiger partial charge >= 0.3 is 0 Å². The lowest BCUT2D eigenvalue weighted by Gasteiger charge is -2.27. The molecule has 2 aliphatic heterocycles. The van der Waals surface area contributed by atoms with E-state index >= 15 is 0 Å². The second-order valence-electron chi connectivity index (χ2n) is 9.75. The summed E-state index contributed by atoms with van der Waals surface area (Å²) in [5.74, 6) is -4.36. The van der Waals surface area contributed by atoms with Gasteiger partial charge in [-0.05, 0) is 49.6 Å². The van der Waals surface area contributed by atoms with Gasteiger partial charge in [0.1, 0.15) is 0 Å². The van der Waals surface area contributed by atoms with E-state index in [-0.39, 0.29) is 11.1 Å². The number of rotatable bonds is 2. The Balaban J connectivity index is 1.55. The molecule has 2 fully saturated rings. The number of Topliss-reactive ketones (excluding diaryl/α,β-unsaturated/α-hetero) is 2. The van der Waals surface area contributed by atoms with Crippen LogP contribution in [0.3, 0.4) is 0 Å². The fourth-order valence-electron chi connectivity index (χ4n) is 5.91. The number of hydrogen-bond donors (Lipinski definition) is 0. The van der Waals surface area contributed by atoms with Crippen molar-refractivity contribution in [2.45, 2.75) is 32.5 Å². The van der Waals surface area contributed by atoms with Crippen LogP contribution in [-0.4, -0.2) is 29.0 Å². The van der Waals surface area contributed by atoms with E-state index in [9.17, 15) is 19.2 Å². The molecule has 0 radical (unpaired) electrons. The highest BCUT2D eigenvalue weighted by molar-refractivity contribution is 6.37. The maximum Gasteiger partial charge on any atom is 0.241 e. The monoisotopic (exact) mass is 465 g/mol. The van der Waals surface area contributed by atoms with Crippen molar-refractivity contribution in [2.24, 2.45) is 11.8 Å². The maximum absolute atomic E-state index is 14.0. The smallest absolute Gasteiger partial charge is 0.241 e.